The average Bonchev–Trinajstić information content (AvgIpc) is 2.73. The number of halogens is 3. The van der Waals surface area contributed by atoms with Crippen molar-refractivity contribution in [2.24, 2.45) is 0 Å². The lowest BCUT2D eigenvalue weighted by molar-refractivity contribution is -0.137. The molecule has 6 nitrogen and oxygen atoms in total. The highest BCUT2D eigenvalue weighted by Gasteiger charge is 2.30. The number of aliphatic hydroxyl groups excluding tert-OH is 1. The molecule has 1 aromatic carbocycles. The van der Waals surface area contributed by atoms with Crippen LogP contribution in [0.3, 0.4) is 0 Å². The molecular formula is C21H16F3N5O. The topological polar surface area (TPSA) is 83.8 Å². The first kappa shape index (κ1) is 19.7. The van der Waals surface area contributed by atoms with Gasteiger partial charge < -0.3 is 10.4 Å². The zero-order chi connectivity index (χ0) is 21.3. The predicted molar refractivity (Wildman–Crippen MR) is 106 cm³/mol. The quantitative estimate of drug-likeness (QED) is 0.509. The highest BCUT2D eigenvalue weighted by atomic mass is 19.4. The normalized spacial score (nSPS) is 11.6. The van der Waals surface area contributed by atoms with Crippen molar-refractivity contribution in [1.82, 2.24) is 19.9 Å². The standard InChI is InChI=1S/C21H16F3N5O/c1-12-3-2-10-25-18(12)16-9-8-15-19(28-17(11-30)29-20(15)27-16)26-14-6-4-13(5-7-14)21(22,23)24/h2-10,30H,11H2,1H3,(H,26,27,28,29). The number of hydrogen-bond donors (Lipinski definition) is 2. The van der Waals surface area contributed by atoms with Gasteiger partial charge in [-0.1, -0.05) is 6.07 Å². The van der Waals surface area contributed by atoms with Gasteiger partial charge in [0, 0.05) is 11.9 Å². The van der Waals surface area contributed by atoms with Crippen LogP contribution in [0.15, 0.2) is 54.7 Å². The van der Waals surface area contributed by atoms with E-state index < -0.39 is 18.3 Å². The van der Waals surface area contributed by atoms with Crippen molar-refractivity contribution in [2.45, 2.75) is 19.7 Å². The van der Waals surface area contributed by atoms with E-state index in [0.717, 1.165) is 17.7 Å². The van der Waals surface area contributed by atoms with Crippen LogP contribution in [-0.4, -0.2) is 25.0 Å². The number of nitrogens with zero attached hydrogens (tertiary/aromatic N) is 4. The molecule has 0 fully saturated rings. The summed E-state index contributed by atoms with van der Waals surface area (Å²) in [6, 6.07) is 11.9. The minimum Gasteiger partial charge on any atom is -0.388 e. The number of aryl methyl sites for hydroxylation is 1. The summed E-state index contributed by atoms with van der Waals surface area (Å²) in [7, 11) is 0. The van der Waals surface area contributed by atoms with Crippen molar-refractivity contribution in [3.05, 3.63) is 71.7 Å². The average molecular weight is 411 g/mol. The van der Waals surface area contributed by atoms with Gasteiger partial charge in [-0.2, -0.15) is 13.2 Å². The minimum absolute atomic E-state index is 0.138. The van der Waals surface area contributed by atoms with E-state index in [4.69, 9.17) is 0 Å². The molecule has 4 aromatic rings. The zero-order valence-corrected chi connectivity index (χ0v) is 15.8. The van der Waals surface area contributed by atoms with Gasteiger partial charge in [-0.15, -0.1) is 0 Å². The lowest BCUT2D eigenvalue weighted by Gasteiger charge is -2.12. The van der Waals surface area contributed by atoms with Gasteiger partial charge in [-0.3, -0.25) is 4.98 Å². The number of pyridine rings is 2. The largest absolute Gasteiger partial charge is 0.416 e. The lowest BCUT2D eigenvalue weighted by atomic mass is 10.1. The third-order valence-electron chi connectivity index (χ3n) is 4.47. The Morgan fingerprint density at radius 1 is 0.967 bits per heavy atom. The highest BCUT2D eigenvalue weighted by molar-refractivity contribution is 5.90. The van der Waals surface area contributed by atoms with E-state index in [1.54, 1.807) is 18.3 Å². The molecule has 3 aromatic heterocycles. The predicted octanol–water partition coefficient (Wildman–Crippen LogP) is 4.65. The Labute approximate surface area is 169 Å². The minimum atomic E-state index is -4.41. The van der Waals surface area contributed by atoms with Crippen LogP contribution >= 0.6 is 0 Å². The number of benzene rings is 1. The molecule has 0 spiro atoms. The smallest absolute Gasteiger partial charge is 0.388 e. The lowest BCUT2D eigenvalue weighted by Crippen LogP contribution is -2.06. The molecule has 0 radical (unpaired) electrons. The van der Waals surface area contributed by atoms with Gasteiger partial charge in [-0.05, 0) is 55.0 Å². The van der Waals surface area contributed by atoms with Crippen molar-refractivity contribution >= 4 is 22.5 Å². The number of rotatable bonds is 4. The number of nitrogens with one attached hydrogen (secondary N) is 1. The van der Waals surface area contributed by atoms with E-state index in [2.05, 4.69) is 25.3 Å². The summed E-state index contributed by atoms with van der Waals surface area (Å²) < 4.78 is 38.3. The van der Waals surface area contributed by atoms with Gasteiger partial charge >= 0.3 is 6.18 Å². The summed E-state index contributed by atoms with van der Waals surface area (Å²) in [5, 5.41) is 13.1. The molecule has 2 N–H and O–H groups in total. The third kappa shape index (κ3) is 3.92. The van der Waals surface area contributed by atoms with E-state index in [1.807, 2.05) is 19.1 Å². The van der Waals surface area contributed by atoms with Crippen LogP contribution < -0.4 is 5.32 Å². The number of anilines is 2. The number of alkyl halides is 3. The second-order valence-corrected chi connectivity index (χ2v) is 6.58. The second-order valence-electron chi connectivity index (χ2n) is 6.58. The summed E-state index contributed by atoms with van der Waals surface area (Å²) in [5.74, 6) is 0.472. The molecule has 0 saturated carbocycles. The van der Waals surface area contributed by atoms with Crippen molar-refractivity contribution in [3.8, 4) is 11.4 Å². The Hall–Kier alpha value is -3.59. The molecule has 0 aliphatic rings. The molecule has 0 aliphatic heterocycles. The van der Waals surface area contributed by atoms with Crippen molar-refractivity contribution in [1.29, 1.82) is 0 Å². The Morgan fingerprint density at radius 3 is 2.40 bits per heavy atom. The Morgan fingerprint density at radius 2 is 1.73 bits per heavy atom. The second kappa shape index (κ2) is 7.68. The molecule has 0 amide bonds. The number of hydrogen-bond acceptors (Lipinski definition) is 6. The van der Waals surface area contributed by atoms with Gasteiger partial charge in [0.15, 0.2) is 11.5 Å². The maximum Gasteiger partial charge on any atom is 0.416 e. The van der Waals surface area contributed by atoms with E-state index in [1.165, 1.54) is 12.1 Å². The molecule has 0 atom stereocenters. The monoisotopic (exact) mass is 411 g/mol. The molecule has 30 heavy (non-hydrogen) atoms. The zero-order valence-electron chi connectivity index (χ0n) is 15.8. The molecule has 152 valence electrons. The molecule has 0 bridgehead atoms. The Bertz CT molecular complexity index is 1210. The van der Waals surface area contributed by atoms with E-state index >= 15 is 0 Å². The maximum atomic E-state index is 12.8. The van der Waals surface area contributed by atoms with Crippen LogP contribution in [0.2, 0.25) is 0 Å². The van der Waals surface area contributed by atoms with Gasteiger partial charge in [-0.25, -0.2) is 15.0 Å². The first-order chi connectivity index (χ1) is 14.3. The number of aliphatic hydroxyl groups is 1. The fraction of sp³-hybridized carbons (Fsp3) is 0.143. The summed E-state index contributed by atoms with van der Waals surface area (Å²) >= 11 is 0. The summed E-state index contributed by atoms with van der Waals surface area (Å²) in [4.78, 5) is 17.4. The first-order valence-corrected chi connectivity index (χ1v) is 9.00. The van der Waals surface area contributed by atoms with Crippen LogP contribution in [0.25, 0.3) is 22.4 Å². The molecule has 0 unspecified atom stereocenters. The van der Waals surface area contributed by atoms with Gasteiger partial charge in [0.2, 0.25) is 0 Å². The van der Waals surface area contributed by atoms with E-state index in [-0.39, 0.29) is 5.82 Å². The third-order valence-corrected chi connectivity index (χ3v) is 4.47. The van der Waals surface area contributed by atoms with Crippen molar-refractivity contribution in [3.63, 3.8) is 0 Å². The summed E-state index contributed by atoms with van der Waals surface area (Å²) in [5.41, 5.74) is 2.28. The Balaban J connectivity index is 1.75. The van der Waals surface area contributed by atoms with Crippen molar-refractivity contribution < 1.29 is 18.3 Å². The summed E-state index contributed by atoms with van der Waals surface area (Å²) in [6.45, 7) is 1.51. The molecular weight excluding hydrogens is 395 g/mol. The van der Waals surface area contributed by atoms with Gasteiger partial charge in [0.25, 0.3) is 0 Å². The Kier molecular flexibility index (Phi) is 5.04. The van der Waals surface area contributed by atoms with Crippen LogP contribution in [0, 0.1) is 6.92 Å². The molecule has 0 aliphatic carbocycles. The SMILES string of the molecule is Cc1cccnc1-c1ccc2c(Nc3ccc(C(F)(F)F)cc3)nc(CO)nc2n1. The number of aromatic nitrogens is 4. The van der Waals surface area contributed by atoms with Crippen LogP contribution in [0.4, 0.5) is 24.7 Å². The molecule has 3 heterocycles. The molecule has 0 saturated heterocycles. The molecule has 9 heteroatoms. The van der Waals surface area contributed by atoms with Crippen LogP contribution in [0.1, 0.15) is 17.0 Å². The van der Waals surface area contributed by atoms with Crippen LogP contribution in [-0.2, 0) is 12.8 Å². The van der Waals surface area contributed by atoms with E-state index in [0.29, 0.717) is 33.9 Å². The summed E-state index contributed by atoms with van der Waals surface area (Å²) in [6.07, 6.45) is -2.74. The fourth-order valence-electron chi connectivity index (χ4n) is 2.99. The maximum absolute atomic E-state index is 12.8. The first-order valence-electron chi connectivity index (χ1n) is 9.00. The highest BCUT2D eigenvalue weighted by Crippen LogP contribution is 2.31. The number of fused-ring (bicyclic) bond motifs is 1. The van der Waals surface area contributed by atoms with Crippen LogP contribution in [0.5, 0.6) is 0 Å². The van der Waals surface area contributed by atoms with Gasteiger partial charge in [0.05, 0.1) is 22.3 Å². The van der Waals surface area contributed by atoms with Gasteiger partial charge in [0.1, 0.15) is 12.4 Å². The van der Waals surface area contributed by atoms with Crippen molar-refractivity contribution in [2.75, 3.05) is 5.32 Å². The van der Waals surface area contributed by atoms with E-state index in [9.17, 15) is 18.3 Å². The molecule has 4 rings (SSSR count). The fourth-order valence-corrected chi connectivity index (χ4v) is 2.99.